The average molecular weight is 332 g/mol. The second-order valence-corrected chi connectivity index (χ2v) is 7.32. The van der Waals surface area contributed by atoms with Gasteiger partial charge in [-0.1, -0.05) is 31.9 Å². The second kappa shape index (κ2) is 8.02. The van der Waals surface area contributed by atoms with Crippen LogP contribution in [0.4, 0.5) is 11.4 Å². The van der Waals surface area contributed by atoms with Crippen molar-refractivity contribution in [2.75, 3.05) is 16.6 Å². The van der Waals surface area contributed by atoms with E-state index in [0.717, 1.165) is 24.2 Å². The third kappa shape index (κ3) is 5.28. The minimum Gasteiger partial charge on any atom is -0.385 e. The fraction of sp³-hybridized carbons (Fsp3) is 0.333. The molecule has 0 unspecified atom stereocenters. The van der Waals surface area contributed by atoms with Crippen LogP contribution in [0.15, 0.2) is 53.4 Å². The molecule has 0 amide bonds. The molecular weight excluding hydrogens is 308 g/mol. The topological polar surface area (TPSA) is 58.2 Å². The molecule has 23 heavy (non-hydrogen) atoms. The Hall–Kier alpha value is -2.01. The standard InChI is InChI=1S/C18H24N2O2S/c1-3-4-5-13-19-16-9-11-17(12-10-16)20-23(21,22)18-8-6-7-15(2)14-18/h6-12,14,19-20H,3-5,13H2,1-2H3. The maximum atomic E-state index is 12.4. The molecule has 0 spiro atoms. The van der Waals surface area contributed by atoms with Gasteiger partial charge in [0.25, 0.3) is 10.0 Å². The lowest BCUT2D eigenvalue weighted by Crippen LogP contribution is -2.13. The molecule has 0 aliphatic carbocycles. The maximum Gasteiger partial charge on any atom is 0.261 e. The SMILES string of the molecule is CCCCCNc1ccc(NS(=O)(=O)c2cccc(C)c2)cc1. The van der Waals surface area contributed by atoms with E-state index in [2.05, 4.69) is 17.0 Å². The van der Waals surface area contributed by atoms with Crippen LogP contribution in [0.5, 0.6) is 0 Å². The Bertz CT molecular complexity index is 725. The summed E-state index contributed by atoms with van der Waals surface area (Å²) in [6.07, 6.45) is 3.54. The van der Waals surface area contributed by atoms with Gasteiger partial charge in [0.2, 0.25) is 0 Å². The number of sulfonamides is 1. The molecule has 2 aromatic rings. The van der Waals surface area contributed by atoms with E-state index in [1.54, 1.807) is 30.3 Å². The summed E-state index contributed by atoms with van der Waals surface area (Å²) in [5.74, 6) is 0. The van der Waals surface area contributed by atoms with Crippen molar-refractivity contribution in [3.63, 3.8) is 0 Å². The maximum absolute atomic E-state index is 12.4. The molecule has 5 heteroatoms. The van der Waals surface area contributed by atoms with E-state index < -0.39 is 10.0 Å². The van der Waals surface area contributed by atoms with Crippen molar-refractivity contribution in [3.05, 3.63) is 54.1 Å². The van der Waals surface area contributed by atoms with Gasteiger partial charge in [-0.3, -0.25) is 4.72 Å². The van der Waals surface area contributed by atoms with Gasteiger partial charge in [0.15, 0.2) is 0 Å². The highest BCUT2D eigenvalue weighted by Gasteiger charge is 2.13. The van der Waals surface area contributed by atoms with Crippen LogP contribution in [0.25, 0.3) is 0 Å². The van der Waals surface area contributed by atoms with Crippen LogP contribution in [0, 0.1) is 6.92 Å². The Morgan fingerprint density at radius 1 is 0.957 bits per heavy atom. The number of aryl methyl sites for hydroxylation is 1. The molecule has 0 aromatic heterocycles. The zero-order valence-corrected chi connectivity index (χ0v) is 14.5. The predicted octanol–water partition coefficient (Wildman–Crippen LogP) is 4.40. The summed E-state index contributed by atoms with van der Waals surface area (Å²) in [6.45, 7) is 4.98. The first-order chi connectivity index (χ1) is 11.0. The van der Waals surface area contributed by atoms with Crippen LogP contribution in [-0.2, 0) is 10.0 Å². The molecule has 0 bridgehead atoms. The Labute approximate surface area is 139 Å². The van der Waals surface area contributed by atoms with Crippen molar-refractivity contribution in [1.29, 1.82) is 0 Å². The quantitative estimate of drug-likeness (QED) is 0.705. The molecule has 0 radical (unpaired) electrons. The Balaban J connectivity index is 2.00. The summed E-state index contributed by atoms with van der Waals surface area (Å²) < 4.78 is 27.3. The van der Waals surface area contributed by atoms with Crippen molar-refractivity contribution in [2.45, 2.75) is 38.0 Å². The second-order valence-electron chi connectivity index (χ2n) is 5.63. The summed E-state index contributed by atoms with van der Waals surface area (Å²) in [5, 5.41) is 3.33. The van der Waals surface area contributed by atoms with Crippen LogP contribution in [0.2, 0.25) is 0 Å². The highest BCUT2D eigenvalue weighted by Crippen LogP contribution is 2.19. The van der Waals surface area contributed by atoms with E-state index in [9.17, 15) is 8.42 Å². The largest absolute Gasteiger partial charge is 0.385 e. The molecule has 0 saturated heterocycles. The molecule has 2 rings (SSSR count). The minimum atomic E-state index is -3.54. The Morgan fingerprint density at radius 2 is 1.65 bits per heavy atom. The van der Waals surface area contributed by atoms with Crippen LogP contribution >= 0.6 is 0 Å². The summed E-state index contributed by atoms with van der Waals surface area (Å²) in [4.78, 5) is 0.277. The van der Waals surface area contributed by atoms with Crippen LogP contribution < -0.4 is 10.0 Å². The molecular formula is C18H24N2O2S. The van der Waals surface area contributed by atoms with Crippen molar-refractivity contribution < 1.29 is 8.42 Å². The zero-order chi connectivity index (χ0) is 16.7. The van der Waals surface area contributed by atoms with Gasteiger partial charge in [-0.25, -0.2) is 8.42 Å². The number of hydrogen-bond acceptors (Lipinski definition) is 3. The first kappa shape index (κ1) is 17.3. The van der Waals surface area contributed by atoms with Crippen LogP contribution in [0.3, 0.4) is 0 Å². The van der Waals surface area contributed by atoms with Crippen molar-refractivity contribution >= 4 is 21.4 Å². The fourth-order valence-electron chi connectivity index (χ4n) is 2.26. The van der Waals surface area contributed by atoms with Crippen molar-refractivity contribution in [1.82, 2.24) is 0 Å². The van der Waals surface area contributed by atoms with Crippen molar-refractivity contribution in [2.24, 2.45) is 0 Å². The molecule has 0 aliphatic rings. The average Bonchev–Trinajstić information content (AvgIpc) is 2.53. The first-order valence-corrected chi connectivity index (χ1v) is 9.43. The molecule has 0 atom stereocenters. The van der Waals surface area contributed by atoms with E-state index in [-0.39, 0.29) is 4.90 Å². The zero-order valence-electron chi connectivity index (χ0n) is 13.7. The summed E-state index contributed by atoms with van der Waals surface area (Å²) in [5.41, 5.74) is 2.48. The molecule has 0 fully saturated rings. The van der Waals surface area contributed by atoms with Crippen molar-refractivity contribution in [3.8, 4) is 0 Å². The molecule has 0 aliphatic heterocycles. The monoisotopic (exact) mass is 332 g/mol. The number of benzene rings is 2. The lowest BCUT2D eigenvalue weighted by molar-refractivity contribution is 0.601. The van der Waals surface area contributed by atoms with Gasteiger partial charge >= 0.3 is 0 Å². The number of anilines is 2. The third-order valence-corrected chi connectivity index (χ3v) is 4.93. The lowest BCUT2D eigenvalue weighted by Gasteiger charge is -2.10. The number of nitrogens with one attached hydrogen (secondary N) is 2. The van der Waals surface area contributed by atoms with Gasteiger partial charge < -0.3 is 5.32 Å². The van der Waals surface area contributed by atoms with E-state index in [4.69, 9.17) is 0 Å². The summed E-state index contributed by atoms with van der Waals surface area (Å²) >= 11 is 0. The van der Waals surface area contributed by atoms with E-state index in [0.29, 0.717) is 5.69 Å². The fourth-order valence-corrected chi connectivity index (χ4v) is 3.42. The molecule has 0 heterocycles. The van der Waals surface area contributed by atoms with Gasteiger partial charge in [-0.15, -0.1) is 0 Å². The first-order valence-electron chi connectivity index (χ1n) is 7.94. The smallest absolute Gasteiger partial charge is 0.261 e. The minimum absolute atomic E-state index is 0.277. The van der Waals surface area contributed by atoms with Gasteiger partial charge in [-0.2, -0.15) is 0 Å². The number of hydrogen-bond donors (Lipinski definition) is 2. The predicted molar refractivity (Wildman–Crippen MR) is 96.4 cm³/mol. The normalized spacial score (nSPS) is 11.2. The highest BCUT2D eigenvalue weighted by molar-refractivity contribution is 7.92. The molecule has 124 valence electrons. The van der Waals surface area contributed by atoms with Crippen LogP contribution in [-0.4, -0.2) is 15.0 Å². The molecule has 4 nitrogen and oxygen atoms in total. The number of rotatable bonds is 8. The van der Waals surface area contributed by atoms with E-state index in [1.807, 2.05) is 25.1 Å². The summed E-state index contributed by atoms with van der Waals surface area (Å²) in [7, 11) is -3.54. The molecule has 2 aromatic carbocycles. The molecule has 2 N–H and O–H groups in total. The number of unbranched alkanes of at least 4 members (excludes halogenated alkanes) is 2. The van der Waals surface area contributed by atoms with Gasteiger partial charge in [0, 0.05) is 17.9 Å². The lowest BCUT2D eigenvalue weighted by atomic mass is 10.2. The van der Waals surface area contributed by atoms with Gasteiger partial charge in [0.05, 0.1) is 4.90 Å². The van der Waals surface area contributed by atoms with E-state index in [1.165, 1.54) is 12.8 Å². The third-order valence-electron chi connectivity index (χ3n) is 3.55. The van der Waals surface area contributed by atoms with Gasteiger partial charge in [0.1, 0.15) is 0 Å². The highest BCUT2D eigenvalue weighted by atomic mass is 32.2. The van der Waals surface area contributed by atoms with Crippen LogP contribution in [0.1, 0.15) is 31.7 Å². The Kier molecular flexibility index (Phi) is 6.04. The Morgan fingerprint density at radius 3 is 2.30 bits per heavy atom. The molecule has 0 saturated carbocycles. The van der Waals surface area contributed by atoms with Gasteiger partial charge in [-0.05, 0) is 55.3 Å². The summed E-state index contributed by atoms with van der Waals surface area (Å²) in [6, 6.07) is 14.2. The van der Waals surface area contributed by atoms with E-state index >= 15 is 0 Å².